The third-order valence-electron chi connectivity index (χ3n) is 4.67. The van der Waals surface area contributed by atoms with Crippen LogP contribution in [0.2, 0.25) is 0 Å². The van der Waals surface area contributed by atoms with Crippen molar-refractivity contribution in [2.45, 2.75) is 51.1 Å². The molecule has 3 rings (SSSR count). The number of rotatable bonds is 3. The van der Waals surface area contributed by atoms with E-state index < -0.39 is 0 Å². The fourth-order valence-corrected chi connectivity index (χ4v) is 4.02. The minimum absolute atomic E-state index is 0.0220. The molecule has 3 heterocycles. The number of furan rings is 1. The van der Waals surface area contributed by atoms with Gasteiger partial charge in [-0.2, -0.15) is 0 Å². The van der Waals surface area contributed by atoms with E-state index >= 15 is 0 Å². The molecule has 1 aromatic rings. The summed E-state index contributed by atoms with van der Waals surface area (Å²) < 4.78 is 6.16. The highest BCUT2D eigenvalue weighted by Gasteiger charge is 2.43. The van der Waals surface area contributed by atoms with Crippen LogP contribution in [0.3, 0.4) is 0 Å². The van der Waals surface area contributed by atoms with E-state index in [0.29, 0.717) is 28.4 Å². The molecule has 2 bridgehead atoms. The lowest BCUT2D eigenvalue weighted by molar-refractivity contribution is 0.0469. The third kappa shape index (κ3) is 2.42. The van der Waals surface area contributed by atoms with E-state index in [1.807, 2.05) is 17.9 Å². The summed E-state index contributed by atoms with van der Waals surface area (Å²) in [4.78, 5) is 14.7. The number of hydrogen-bond donors (Lipinski definition) is 1. The normalized spacial score (nSPS) is 28.9. The lowest BCUT2D eigenvalue weighted by Crippen LogP contribution is -2.46. The van der Waals surface area contributed by atoms with Crippen LogP contribution in [0.15, 0.2) is 15.2 Å². The van der Waals surface area contributed by atoms with Gasteiger partial charge in [-0.15, -0.1) is 0 Å². The minimum Gasteiger partial charge on any atom is -0.444 e. The molecular weight excluding hydrogens is 322 g/mol. The highest BCUT2D eigenvalue weighted by molar-refractivity contribution is 9.10. The fourth-order valence-electron chi connectivity index (χ4n) is 3.73. The molecule has 1 N–H and O–H groups in total. The highest BCUT2D eigenvalue weighted by atomic mass is 79.9. The summed E-state index contributed by atoms with van der Waals surface area (Å²) in [6, 6.07) is 2.45. The Morgan fingerprint density at radius 2 is 2.10 bits per heavy atom. The third-order valence-corrected chi connectivity index (χ3v) is 5.46. The molecule has 1 aromatic heterocycles. The molecule has 2 saturated heterocycles. The van der Waals surface area contributed by atoms with Crippen LogP contribution in [-0.2, 0) is 0 Å². The monoisotopic (exact) mass is 341 g/mol. The SMILES string of the molecule is Cc1cc(C(=O)N2C3CCC2CC(CCO)C3)oc1Br. The Bertz CT molecular complexity index is 480. The molecule has 2 unspecified atom stereocenters. The molecule has 2 fully saturated rings. The summed E-state index contributed by atoms with van der Waals surface area (Å²) in [5.41, 5.74) is 0.955. The second-order valence-corrected chi connectivity index (χ2v) is 6.73. The van der Waals surface area contributed by atoms with Crippen molar-refractivity contribution in [1.82, 2.24) is 4.90 Å². The van der Waals surface area contributed by atoms with Crippen molar-refractivity contribution in [3.8, 4) is 0 Å². The van der Waals surface area contributed by atoms with Crippen LogP contribution in [-0.4, -0.2) is 34.6 Å². The Balaban J connectivity index is 1.77. The Hall–Kier alpha value is -0.810. The number of halogens is 1. The lowest BCUT2D eigenvalue weighted by Gasteiger charge is -2.38. The van der Waals surface area contributed by atoms with Gasteiger partial charge in [0.25, 0.3) is 5.91 Å². The van der Waals surface area contributed by atoms with E-state index in [2.05, 4.69) is 15.9 Å². The number of aliphatic hydroxyl groups is 1. The molecule has 5 heteroatoms. The zero-order valence-electron chi connectivity index (χ0n) is 11.6. The first kappa shape index (κ1) is 14.1. The number of aliphatic hydroxyl groups excluding tert-OH is 1. The van der Waals surface area contributed by atoms with Gasteiger partial charge in [0.05, 0.1) is 0 Å². The Morgan fingerprint density at radius 3 is 2.60 bits per heavy atom. The van der Waals surface area contributed by atoms with Crippen molar-refractivity contribution in [1.29, 1.82) is 0 Å². The van der Waals surface area contributed by atoms with Crippen molar-refractivity contribution < 1.29 is 14.3 Å². The summed E-state index contributed by atoms with van der Waals surface area (Å²) in [7, 11) is 0. The van der Waals surface area contributed by atoms with Crippen LogP contribution in [0.25, 0.3) is 0 Å². The van der Waals surface area contributed by atoms with E-state index in [1.165, 1.54) is 0 Å². The van der Waals surface area contributed by atoms with Gasteiger partial charge in [-0.25, -0.2) is 0 Å². The van der Waals surface area contributed by atoms with E-state index in [9.17, 15) is 4.79 Å². The first-order chi connectivity index (χ1) is 9.60. The predicted octanol–water partition coefficient (Wildman–Crippen LogP) is 3.12. The summed E-state index contributed by atoms with van der Waals surface area (Å²) in [6.45, 7) is 2.18. The van der Waals surface area contributed by atoms with Crippen LogP contribution in [0, 0.1) is 12.8 Å². The predicted molar refractivity (Wildman–Crippen MR) is 78.6 cm³/mol. The minimum atomic E-state index is 0.0220. The van der Waals surface area contributed by atoms with Crippen LogP contribution >= 0.6 is 15.9 Å². The Kier molecular flexibility index (Phi) is 3.91. The van der Waals surface area contributed by atoms with Crippen LogP contribution in [0.1, 0.15) is 48.2 Å². The quantitative estimate of drug-likeness (QED) is 0.918. The van der Waals surface area contributed by atoms with Gasteiger partial charge in [0.2, 0.25) is 0 Å². The number of nitrogens with zero attached hydrogens (tertiary/aromatic N) is 1. The van der Waals surface area contributed by atoms with E-state index in [-0.39, 0.29) is 12.5 Å². The molecule has 2 atom stereocenters. The summed E-state index contributed by atoms with van der Waals surface area (Å²) >= 11 is 3.32. The van der Waals surface area contributed by atoms with E-state index in [4.69, 9.17) is 9.52 Å². The number of fused-ring (bicyclic) bond motifs is 2. The van der Waals surface area contributed by atoms with Gasteiger partial charge < -0.3 is 14.4 Å². The summed E-state index contributed by atoms with van der Waals surface area (Å²) in [5.74, 6) is 1.02. The molecule has 0 aliphatic carbocycles. The Labute approximate surface area is 127 Å². The number of amides is 1. The molecule has 2 aliphatic heterocycles. The zero-order chi connectivity index (χ0) is 14.3. The van der Waals surface area contributed by atoms with Crippen LogP contribution in [0.5, 0.6) is 0 Å². The maximum absolute atomic E-state index is 12.7. The first-order valence-electron chi connectivity index (χ1n) is 7.29. The number of aryl methyl sites for hydroxylation is 1. The largest absolute Gasteiger partial charge is 0.444 e. The van der Waals surface area contributed by atoms with Gasteiger partial charge in [0, 0.05) is 24.3 Å². The number of carbonyl (C=O) groups is 1. The second kappa shape index (κ2) is 5.53. The standard InChI is InChI=1S/C15H20BrNO3/c1-9-6-13(20-14(9)16)15(19)17-11-2-3-12(17)8-10(7-11)4-5-18/h6,10-12,18H,2-5,7-8H2,1H3. The van der Waals surface area contributed by atoms with Gasteiger partial charge >= 0.3 is 0 Å². The van der Waals surface area contributed by atoms with Crippen molar-refractivity contribution >= 4 is 21.8 Å². The summed E-state index contributed by atoms with van der Waals surface area (Å²) in [5, 5.41) is 9.10. The van der Waals surface area contributed by atoms with Crippen molar-refractivity contribution in [2.24, 2.45) is 5.92 Å². The number of carbonyl (C=O) groups excluding carboxylic acids is 1. The topological polar surface area (TPSA) is 53.7 Å². The van der Waals surface area contributed by atoms with Gasteiger partial charge in [0.15, 0.2) is 10.4 Å². The molecule has 4 nitrogen and oxygen atoms in total. The zero-order valence-corrected chi connectivity index (χ0v) is 13.2. The second-order valence-electron chi connectivity index (χ2n) is 6.01. The molecule has 0 radical (unpaired) electrons. The molecule has 20 heavy (non-hydrogen) atoms. The smallest absolute Gasteiger partial charge is 0.290 e. The molecule has 1 amide bonds. The number of piperidine rings is 1. The van der Waals surface area contributed by atoms with Crippen molar-refractivity contribution in [3.05, 3.63) is 22.1 Å². The van der Waals surface area contributed by atoms with Crippen molar-refractivity contribution in [3.63, 3.8) is 0 Å². The van der Waals surface area contributed by atoms with Gasteiger partial charge in [-0.05, 0) is 66.9 Å². The van der Waals surface area contributed by atoms with Crippen LogP contribution in [0.4, 0.5) is 0 Å². The fraction of sp³-hybridized carbons (Fsp3) is 0.667. The molecule has 110 valence electrons. The van der Waals surface area contributed by atoms with E-state index in [1.54, 1.807) is 0 Å². The molecule has 0 aromatic carbocycles. The average Bonchev–Trinajstić information content (AvgIpc) is 2.88. The highest BCUT2D eigenvalue weighted by Crippen LogP contribution is 2.41. The maximum Gasteiger partial charge on any atom is 0.290 e. The van der Waals surface area contributed by atoms with Gasteiger partial charge in [0.1, 0.15) is 0 Å². The lowest BCUT2D eigenvalue weighted by atomic mass is 9.88. The van der Waals surface area contributed by atoms with Gasteiger partial charge in [-0.3, -0.25) is 4.79 Å². The van der Waals surface area contributed by atoms with Crippen molar-refractivity contribution in [2.75, 3.05) is 6.61 Å². The van der Waals surface area contributed by atoms with Gasteiger partial charge in [-0.1, -0.05) is 0 Å². The van der Waals surface area contributed by atoms with Crippen LogP contribution < -0.4 is 0 Å². The molecule has 0 spiro atoms. The molecule has 0 saturated carbocycles. The molecule has 2 aliphatic rings. The van der Waals surface area contributed by atoms with E-state index in [0.717, 1.165) is 37.7 Å². The maximum atomic E-state index is 12.7. The summed E-state index contributed by atoms with van der Waals surface area (Å²) in [6.07, 6.45) is 5.06. The Morgan fingerprint density at radius 1 is 1.45 bits per heavy atom. The first-order valence-corrected chi connectivity index (χ1v) is 8.09. The molecular formula is C15H20BrNO3. The number of hydrogen-bond acceptors (Lipinski definition) is 3. The average molecular weight is 342 g/mol.